The molecule has 0 aromatic heterocycles. The minimum Gasteiger partial charge on any atom is -0.370 e. The van der Waals surface area contributed by atoms with E-state index in [2.05, 4.69) is 29.5 Å². The Labute approximate surface area is 127 Å². The van der Waals surface area contributed by atoms with Crippen LogP contribution in [0, 0.1) is 19.8 Å². The van der Waals surface area contributed by atoms with E-state index in [1.807, 2.05) is 32.0 Å². The fraction of sp³-hybridized carbons (Fsp3) is 0.500. The van der Waals surface area contributed by atoms with Crippen molar-refractivity contribution in [3.8, 4) is 0 Å². The number of carbonyl (C=O) groups excluding carboxylic acids is 1. The molecule has 0 aliphatic rings. The molecule has 4 N–H and O–H groups in total. The highest BCUT2D eigenvalue weighted by Crippen LogP contribution is 2.13. The van der Waals surface area contributed by atoms with Crippen molar-refractivity contribution >= 4 is 17.6 Å². The SMILES string of the molecule is Cc1ccc(NC(N)=NCCCNC(=O)C(C)C)cc1C. The van der Waals surface area contributed by atoms with Gasteiger partial charge in [0.25, 0.3) is 0 Å². The Bertz CT molecular complexity index is 509. The molecule has 5 nitrogen and oxygen atoms in total. The summed E-state index contributed by atoms with van der Waals surface area (Å²) >= 11 is 0. The van der Waals surface area contributed by atoms with Gasteiger partial charge in [0.05, 0.1) is 0 Å². The van der Waals surface area contributed by atoms with E-state index in [9.17, 15) is 4.79 Å². The smallest absolute Gasteiger partial charge is 0.222 e. The van der Waals surface area contributed by atoms with Crippen molar-refractivity contribution in [3.63, 3.8) is 0 Å². The molecule has 0 bridgehead atoms. The maximum Gasteiger partial charge on any atom is 0.222 e. The van der Waals surface area contributed by atoms with Crippen LogP contribution in [0.3, 0.4) is 0 Å². The number of nitrogens with one attached hydrogen (secondary N) is 2. The van der Waals surface area contributed by atoms with Gasteiger partial charge in [-0.3, -0.25) is 9.79 Å². The molecule has 0 saturated heterocycles. The summed E-state index contributed by atoms with van der Waals surface area (Å²) in [5.74, 6) is 0.485. The standard InChI is InChI=1S/C16H26N4O/c1-11(2)15(21)18-8-5-9-19-16(17)20-14-7-6-12(3)13(4)10-14/h6-7,10-11H,5,8-9H2,1-4H3,(H,18,21)(H3,17,19,20). The summed E-state index contributed by atoms with van der Waals surface area (Å²) in [7, 11) is 0. The number of aliphatic imine (C=N–C) groups is 1. The van der Waals surface area contributed by atoms with E-state index in [1.165, 1.54) is 11.1 Å². The highest BCUT2D eigenvalue weighted by atomic mass is 16.1. The Hall–Kier alpha value is -2.04. The lowest BCUT2D eigenvalue weighted by Crippen LogP contribution is -2.29. The van der Waals surface area contributed by atoms with Gasteiger partial charge in [-0.2, -0.15) is 0 Å². The molecule has 116 valence electrons. The number of nitrogens with two attached hydrogens (primary N) is 1. The Morgan fingerprint density at radius 1 is 1.29 bits per heavy atom. The number of benzene rings is 1. The van der Waals surface area contributed by atoms with Gasteiger partial charge in [0, 0.05) is 24.7 Å². The van der Waals surface area contributed by atoms with E-state index >= 15 is 0 Å². The molecule has 0 saturated carbocycles. The Kier molecular flexibility index (Phi) is 6.72. The molecule has 21 heavy (non-hydrogen) atoms. The molecule has 1 aromatic rings. The number of rotatable bonds is 6. The second-order valence-corrected chi connectivity index (χ2v) is 5.49. The number of aryl methyl sites for hydroxylation is 2. The second-order valence-electron chi connectivity index (χ2n) is 5.49. The van der Waals surface area contributed by atoms with E-state index in [-0.39, 0.29) is 11.8 Å². The molecule has 1 amide bonds. The van der Waals surface area contributed by atoms with Crippen molar-refractivity contribution < 1.29 is 4.79 Å². The van der Waals surface area contributed by atoms with E-state index in [0.29, 0.717) is 19.0 Å². The molecular formula is C16H26N4O. The Morgan fingerprint density at radius 3 is 2.62 bits per heavy atom. The third-order valence-corrected chi connectivity index (χ3v) is 3.22. The molecule has 0 atom stereocenters. The van der Waals surface area contributed by atoms with Gasteiger partial charge in [-0.15, -0.1) is 0 Å². The number of hydrogen-bond donors (Lipinski definition) is 3. The summed E-state index contributed by atoms with van der Waals surface area (Å²) in [6, 6.07) is 6.07. The number of hydrogen-bond acceptors (Lipinski definition) is 2. The number of anilines is 1. The quantitative estimate of drug-likeness (QED) is 0.427. The number of amides is 1. The van der Waals surface area contributed by atoms with Crippen LogP contribution in [0.2, 0.25) is 0 Å². The van der Waals surface area contributed by atoms with Crippen molar-refractivity contribution in [1.82, 2.24) is 5.32 Å². The van der Waals surface area contributed by atoms with E-state index in [4.69, 9.17) is 5.73 Å². The summed E-state index contributed by atoms with van der Waals surface area (Å²) < 4.78 is 0. The highest BCUT2D eigenvalue weighted by Gasteiger charge is 2.04. The number of guanidine groups is 1. The first-order valence-electron chi connectivity index (χ1n) is 7.32. The fourth-order valence-corrected chi connectivity index (χ4v) is 1.70. The van der Waals surface area contributed by atoms with Gasteiger partial charge in [-0.05, 0) is 43.5 Å². The molecule has 1 rings (SSSR count). The molecule has 0 fully saturated rings. The predicted octanol–water partition coefficient (Wildman–Crippen LogP) is 2.19. The van der Waals surface area contributed by atoms with Crippen molar-refractivity contribution in [3.05, 3.63) is 29.3 Å². The van der Waals surface area contributed by atoms with E-state index in [1.54, 1.807) is 0 Å². The van der Waals surface area contributed by atoms with Crippen LogP contribution in [0.15, 0.2) is 23.2 Å². The number of nitrogens with zero attached hydrogens (tertiary/aromatic N) is 1. The van der Waals surface area contributed by atoms with Gasteiger partial charge in [0.15, 0.2) is 5.96 Å². The third-order valence-electron chi connectivity index (χ3n) is 3.22. The van der Waals surface area contributed by atoms with Crippen LogP contribution in [-0.4, -0.2) is 25.0 Å². The topological polar surface area (TPSA) is 79.5 Å². The fourth-order valence-electron chi connectivity index (χ4n) is 1.70. The highest BCUT2D eigenvalue weighted by molar-refractivity contribution is 5.92. The first-order chi connectivity index (χ1) is 9.90. The molecule has 0 unspecified atom stereocenters. The lowest BCUT2D eigenvalue weighted by atomic mass is 10.1. The maximum atomic E-state index is 11.4. The lowest BCUT2D eigenvalue weighted by Gasteiger charge is -2.08. The summed E-state index contributed by atoms with van der Waals surface area (Å²) in [6.45, 7) is 9.09. The molecule has 0 aliphatic heterocycles. The zero-order valence-corrected chi connectivity index (χ0v) is 13.4. The lowest BCUT2D eigenvalue weighted by molar-refractivity contribution is -0.123. The third kappa shape index (κ3) is 6.29. The molecule has 5 heteroatoms. The summed E-state index contributed by atoms with van der Waals surface area (Å²) in [5, 5.41) is 5.92. The molecule has 0 aliphatic carbocycles. The van der Waals surface area contributed by atoms with E-state index in [0.717, 1.165) is 12.1 Å². The van der Waals surface area contributed by atoms with Crippen molar-refractivity contribution in [2.45, 2.75) is 34.1 Å². The van der Waals surface area contributed by atoms with Crippen LogP contribution < -0.4 is 16.4 Å². The van der Waals surface area contributed by atoms with Crippen molar-refractivity contribution in [1.29, 1.82) is 0 Å². The molecular weight excluding hydrogens is 264 g/mol. The molecule has 0 heterocycles. The molecule has 1 aromatic carbocycles. The zero-order valence-electron chi connectivity index (χ0n) is 13.4. The van der Waals surface area contributed by atoms with Crippen LogP contribution >= 0.6 is 0 Å². The second kappa shape index (κ2) is 8.29. The normalized spacial score (nSPS) is 11.6. The molecule has 0 spiro atoms. The molecule has 0 radical (unpaired) electrons. The van der Waals surface area contributed by atoms with E-state index < -0.39 is 0 Å². The predicted molar refractivity (Wildman–Crippen MR) is 88.5 cm³/mol. The summed E-state index contributed by atoms with van der Waals surface area (Å²) in [6.07, 6.45) is 0.772. The van der Waals surface area contributed by atoms with Gasteiger partial charge in [0.2, 0.25) is 5.91 Å². The van der Waals surface area contributed by atoms with Gasteiger partial charge < -0.3 is 16.4 Å². The Morgan fingerprint density at radius 2 is 2.00 bits per heavy atom. The van der Waals surface area contributed by atoms with Crippen molar-refractivity contribution in [2.75, 3.05) is 18.4 Å². The number of carbonyl (C=O) groups is 1. The Balaban J connectivity index is 2.33. The monoisotopic (exact) mass is 290 g/mol. The van der Waals surface area contributed by atoms with Crippen LogP contribution in [0.25, 0.3) is 0 Å². The maximum absolute atomic E-state index is 11.4. The van der Waals surface area contributed by atoms with Gasteiger partial charge in [0.1, 0.15) is 0 Å². The van der Waals surface area contributed by atoms with Gasteiger partial charge in [-0.1, -0.05) is 19.9 Å². The van der Waals surface area contributed by atoms with Crippen LogP contribution in [0.1, 0.15) is 31.4 Å². The van der Waals surface area contributed by atoms with Crippen molar-refractivity contribution in [2.24, 2.45) is 16.6 Å². The summed E-state index contributed by atoms with van der Waals surface area (Å²) in [4.78, 5) is 15.6. The van der Waals surface area contributed by atoms with Gasteiger partial charge in [-0.25, -0.2) is 0 Å². The first-order valence-corrected chi connectivity index (χ1v) is 7.32. The minimum atomic E-state index is 0.0185. The average Bonchev–Trinajstić information content (AvgIpc) is 2.42. The largest absolute Gasteiger partial charge is 0.370 e. The van der Waals surface area contributed by atoms with Crippen LogP contribution in [-0.2, 0) is 4.79 Å². The van der Waals surface area contributed by atoms with Crippen LogP contribution in [0.4, 0.5) is 5.69 Å². The van der Waals surface area contributed by atoms with Gasteiger partial charge >= 0.3 is 0 Å². The average molecular weight is 290 g/mol. The minimum absolute atomic E-state index is 0.0185. The first kappa shape index (κ1) is 17.0. The van der Waals surface area contributed by atoms with Crippen LogP contribution in [0.5, 0.6) is 0 Å². The summed E-state index contributed by atoms with van der Waals surface area (Å²) in [5.41, 5.74) is 9.23. The zero-order chi connectivity index (χ0) is 15.8.